The Bertz CT molecular complexity index is 1250. The van der Waals surface area contributed by atoms with Crippen molar-refractivity contribution in [2.75, 3.05) is 13.2 Å². The van der Waals surface area contributed by atoms with E-state index in [2.05, 4.69) is 31.0 Å². The Morgan fingerprint density at radius 3 is 2.85 bits per heavy atom. The molecule has 0 aliphatic carbocycles. The van der Waals surface area contributed by atoms with Gasteiger partial charge in [0, 0.05) is 22.2 Å². The Labute approximate surface area is 207 Å². The molecule has 2 aromatic heterocycles. The van der Waals surface area contributed by atoms with E-state index in [1.54, 1.807) is 4.68 Å². The van der Waals surface area contributed by atoms with Crippen LogP contribution in [-0.2, 0) is 4.74 Å². The van der Waals surface area contributed by atoms with Gasteiger partial charge < -0.3 is 10.1 Å². The second-order valence-electron chi connectivity index (χ2n) is 8.35. The number of H-pyrrole nitrogens is 1. The maximum atomic E-state index is 6.40. The molecule has 5 rings (SSSR count). The topological polar surface area (TPSA) is 93.5 Å². The first-order valence-electron chi connectivity index (χ1n) is 11.3. The number of benzene rings is 2. The maximum Gasteiger partial charge on any atom is 0.178 e. The van der Waals surface area contributed by atoms with Gasteiger partial charge in [-0.3, -0.25) is 5.10 Å². The quantitative estimate of drug-likeness (QED) is 0.359. The molecule has 1 aliphatic rings. The van der Waals surface area contributed by atoms with Crippen molar-refractivity contribution >= 4 is 23.2 Å². The van der Waals surface area contributed by atoms with E-state index in [1.807, 2.05) is 55.6 Å². The number of aromatic nitrogens is 6. The van der Waals surface area contributed by atoms with E-state index in [9.17, 15) is 0 Å². The van der Waals surface area contributed by atoms with Gasteiger partial charge in [-0.1, -0.05) is 41.4 Å². The number of hydrogen-bond acceptors (Lipinski definition) is 6. The molecule has 1 fully saturated rings. The minimum atomic E-state index is -0.320. The molecule has 3 heterocycles. The fourth-order valence-electron chi connectivity index (χ4n) is 4.33. The lowest BCUT2D eigenvalue weighted by atomic mass is 10.0. The number of tetrazole rings is 1. The minimum Gasteiger partial charge on any atom is -0.378 e. The van der Waals surface area contributed by atoms with Crippen molar-refractivity contribution in [2.45, 2.75) is 38.3 Å². The van der Waals surface area contributed by atoms with Crippen molar-refractivity contribution in [1.82, 2.24) is 35.7 Å². The molecule has 0 bridgehead atoms. The predicted octanol–water partition coefficient (Wildman–Crippen LogP) is 4.92. The standard InChI is InChI=1S/C24H25Cl2N7O/c1-15-20(26)5-2-6-21(15)33-24(30-31-32-33)23(27-12-11-18-4-3-13-34-18)19-14-28-29-22(19)16-7-9-17(25)10-8-16/h2,5-10,14,18,23,27H,3-4,11-13H2,1H3,(H,28,29)/t18-,23?/m1/s1. The first-order chi connectivity index (χ1) is 16.6. The zero-order valence-corrected chi connectivity index (χ0v) is 20.2. The van der Waals surface area contributed by atoms with Crippen LogP contribution in [0, 0.1) is 6.92 Å². The molecular weight excluding hydrogens is 473 g/mol. The number of nitrogens with one attached hydrogen (secondary N) is 2. The molecule has 0 saturated carbocycles. The van der Waals surface area contributed by atoms with E-state index in [0.717, 1.165) is 60.5 Å². The molecule has 1 aliphatic heterocycles. The lowest BCUT2D eigenvalue weighted by molar-refractivity contribution is 0.104. The summed E-state index contributed by atoms with van der Waals surface area (Å²) in [6.45, 7) is 3.53. The Balaban J connectivity index is 1.53. The summed E-state index contributed by atoms with van der Waals surface area (Å²) in [4.78, 5) is 0. The smallest absolute Gasteiger partial charge is 0.178 e. The summed E-state index contributed by atoms with van der Waals surface area (Å²) in [6, 6.07) is 13.0. The summed E-state index contributed by atoms with van der Waals surface area (Å²) >= 11 is 12.5. The van der Waals surface area contributed by atoms with Gasteiger partial charge in [0.1, 0.15) is 0 Å². The number of hydrogen-bond donors (Lipinski definition) is 2. The van der Waals surface area contributed by atoms with Gasteiger partial charge in [0.15, 0.2) is 5.82 Å². The molecule has 2 atom stereocenters. The van der Waals surface area contributed by atoms with E-state index in [0.29, 0.717) is 15.9 Å². The van der Waals surface area contributed by atoms with Crippen molar-refractivity contribution in [3.8, 4) is 16.9 Å². The van der Waals surface area contributed by atoms with Crippen molar-refractivity contribution < 1.29 is 4.74 Å². The van der Waals surface area contributed by atoms with Crippen LogP contribution in [0.4, 0.5) is 0 Å². The van der Waals surface area contributed by atoms with Gasteiger partial charge in [0.25, 0.3) is 0 Å². The highest BCUT2D eigenvalue weighted by atomic mass is 35.5. The molecule has 176 valence electrons. The fourth-order valence-corrected chi connectivity index (χ4v) is 4.63. The fraction of sp³-hybridized carbons (Fsp3) is 0.333. The summed E-state index contributed by atoms with van der Waals surface area (Å²) in [6.07, 6.45) is 5.20. The Hall–Kier alpha value is -2.78. The average Bonchev–Trinajstić information content (AvgIpc) is 3.61. The van der Waals surface area contributed by atoms with E-state index in [-0.39, 0.29) is 12.1 Å². The average molecular weight is 498 g/mol. The number of rotatable bonds is 8. The Morgan fingerprint density at radius 1 is 1.21 bits per heavy atom. The van der Waals surface area contributed by atoms with Gasteiger partial charge in [-0.25, -0.2) is 0 Å². The van der Waals surface area contributed by atoms with E-state index < -0.39 is 0 Å². The van der Waals surface area contributed by atoms with Gasteiger partial charge in [0.05, 0.1) is 29.7 Å². The van der Waals surface area contributed by atoms with Crippen LogP contribution in [0.1, 0.15) is 42.3 Å². The van der Waals surface area contributed by atoms with Crippen molar-refractivity contribution in [3.05, 3.63) is 75.7 Å². The molecule has 2 N–H and O–H groups in total. The Kier molecular flexibility index (Phi) is 6.92. The molecule has 1 saturated heterocycles. The van der Waals surface area contributed by atoms with Crippen molar-refractivity contribution in [1.29, 1.82) is 0 Å². The summed E-state index contributed by atoms with van der Waals surface area (Å²) in [5, 5.41) is 25.2. The second-order valence-corrected chi connectivity index (χ2v) is 9.19. The third-order valence-electron chi connectivity index (χ3n) is 6.17. The lowest BCUT2D eigenvalue weighted by Gasteiger charge is -2.20. The predicted molar refractivity (Wildman–Crippen MR) is 131 cm³/mol. The van der Waals surface area contributed by atoms with Crippen LogP contribution >= 0.6 is 23.2 Å². The van der Waals surface area contributed by atoms with Gasteiger partial charge in [-0.2, -0.15) is 9.78 Å². The molecule has 0 radical (unpaired) electrons. The summed E-state index contributed by atoms with van der Waals surface area (Å²) in [5.41, 5.74) is 4.52. The first kappa shape index (κ1) is 23.0. The van der Waals surface area contributed by atoms with E-state index in [1.165, 1.54) is 0 Å². The normalized spacial score (nSPS) is 16.7. The Morgan fingerprint density at radius 2 is 2.06 bits per heavy atom. The number of aromatic amines is 1. The third kappa shape index (κ3) is 4.72. The van der Waals surface area contributed by atoms with Crippen LogP contribution in [0.5, 0.6) is 0 Å². The molecule has 0 amide bonds. The zero-order chi connectivity index (χ0) is 23.5. The highest BCUT2D eigenvalue weighted by Gasteiger charge is 2.27. The van der Waals surface area contributed by atoms with Crippen LogP contribution in [0.15, 0.2) is 48.7 Å². The van der Waals surface area contributed by atoms with Crippen LogP contribution in [0.3, 0.4) is 0 Å². The van der Waals surface area contributed by atoms with Crippen molar-refractivity contribution in [3.63, 3.8) is 0 Å². The monoisotopic (exact) mass is 497 g/mol. The van der Waals surface area contributed by atoms with Crippen LogP contribution in [-0.4, -0.2) is 49.7 Å². The van der Waals surface area contributed by atoms with E-state index in [4.69, 9.17) is 27.9 Å². The largest absolute Gasteiger partial charge is 0.378 e. The summed E-state index contributed by atoms with van der Waals surface area (Å²) in [7, 11) is 0. The highest BCUT2D eigenvalue weighted by molar-refractivity contribution is 6.31. The number of ether oxygens (including phenoxy) is 1. The van der Waals surface area contributed by atoms with Gasteiger partial charge in [-0.05, 0) is 78.6 Å². The molecule has 8 nitrogen and oxygen atoms in total. The molecule has 0 spiro atoms. The van der Waals surface area contributed by atoms with Gasteiger partial charge in [-0.15, -0.1) is 5.10 Å². The van der Waals surface area contributed by atoms with Crippen LogP contribution in [0.25, 0.3) is 16.9 Å². The molecule has 34 heavy (non-hydrogen) atoms. The van der Waals surface area contributed by atoms with Gasteiger partial charge >= 0.3 is 0 Å². The molecule has 1 unspecified atom stereocenters. The second kappa shape index (κ2) is 10.2. The first-order valence-corrected chi connectivity index (χ1v) is 12.1. The summed E-state index contributed by atoms with van der Waals surface area (Å²) < 4.78 is 7.55. The lowest BCUT2D eigenvalue weighted by Crippen LogP contribution is -2.29. The summed E-state index contributed by atoms with van der Waals surface area (Å²) in [5.74, 6) is 0.648. The molecule has 10 heteroatoms. The number of nitrogens with zero attached hydrogens (tertiary/aromatic N) is 5. The SMILES string of the molecule is Cc1c(Cl)cccc1-n1nnnc1C(NCC[C@H]1CCCO1)c1cn[nH]c1-c1ccc(Cl)cc1. The molecular formula is C24H25Cl2N7O. The van der Waals surface area contributed by atoms with Gasteiger partial charge in [0.2, 0.25) is 0 Å². The van der Waals surface area contributed by atoms with Crippen LogP contribution in [0.2, 0.25) is 10.0 Å². The molecule has 2 aromatic carbocycles. The van der Waals surface area contributed by atoms with Crippen LogP contribution < -0.4 is 5.32 Å². The molecule has 4 aromatic rings. The number of halogens is 2. The van der Waals surface area contributed by atoms with Crippen molar-refractivity contribution in [2.24, 2.45) is 0 Å². The third-order valence-corrected chi connectivity index (χ3v) is 6.83. The zero-order valence-electron chi connectivity index (χ0n) is 18.7. The van der Waals surface area contributed by atoms with E-state index >= 15 is 0 Å². The minimum absolute atomic E-state index is 0.277. The highest BCUT2D eigenvalue weighted by Crippen LogP contribution is 2.32. The maximum absolute atomic E-state index is 6.40.